The number of sulfonamides is 1. The molecule has 0 bridgehead atoms. The third-order valence-electron chi connectivity index (χ3n) is 2.90. The average Bonchev–Trinajstić information content (AvgIpc) is 2.92. The zero-order valence-electron chi connectivity index (χ0n) is 11.9. The molecule has 110 valence electrons. The highest BCUT2D eigenvalue weighted by Gasteiger charge is 2.24. The highest BCUT2D eigenvalue weighted by molar-refractivity contribution is 7.89. The molecule has 0 radical (unpaired) electrons. The Morgan fingerprint density at radius 1 is 1.35 bits per heavy atom. The third-order valence-corrected chi connectivity index (χ3v) is 5.98. The predicted octanol–water partition coefficient (Wildman–Crippen LogP) is 1.92. The minimum atomic E-state index is -3.45. The van der Waals surface area contributed by atoms with Crippen molar-refractivity contribution in [2.24, 2.45) is 0 Å². The van der Waals surface area contributed by atoms with E-state index in [0.717, 1.165) is 9.75 Å². The fraction of sp³-hybridized carbons (Fsp3) is 0.500. The maximum absolute atomic E-state index is 12.5. The van der Waals surface area contributed by atoms with Gasteiger partial charge in [0.1, 0.15) is 0 Å². The van der Waals surface area contributed by atoms with Crippen LogP contribution in [0.25, 0.3) is 0 Å². The van der Waals surface area contributed by atoms with Crippen LogP contribution in [0.5, 0.6) is 0 Å². The highest BCUT2D eigenvalue weighted by Crippen LogP contribution is 2.27. The molecule has 0 atom stereocenters. The van der Waals surface area contributed by atoms with Crippen molar-refractivity contribution in [2.75, 3.05) is 13.6 Å². The first-order valence-corrected chi connectivity index (χ1v) is 8.39. The molecule has 0 fully saturated rings. The molecule has 2 aromatic rings. The van der Waals surface area contributed by atoms with Crippen molar-refractivity contribution in [2.45, 2.75) is 32.1 Å². The van der Waals surface area contributed by atoms with Gasteiger partial charge in [-0.15, -0.1) is 11.3 Å². The topological polar surface area (TPSA) is 76.3 Å². The summed E-state index contributed by atoms with van der Waals surface area (Å²) in [6.07, 6.45) is 0.426. The van der Waals surface area contributed by atoms with Crippen molar-refractivity contribution in [3.05, 3.63) is 27.5 Å². The van der Waals surface area contributed by atoms with Gasteiger partial charge in [-0.3, -0.25) is 0 Å². The van der Waals surface area contributed by atoms with Crippen LogP contribution in [0.3, 0.4) is 0 Å². The molecule has 2 aromatic heterocycles. The summed E-state index contributed by atoms with van der Waals surface area (Å²) in [4.78, 5) is 6.24. The van der Waals surface area contributed by atoms with E-state index in [0.29, 0.717) is 29.6 Å². The Morgan fingerprint density at radius 3 is 2.55 bits per heavy atom. The summed E-state index contributed by atoms with van der Waals surface area (Å²) in [5, 5.41) is 3.76. The summed E-state index contributed by atoms with van der Waals surface area (Å²) in [6, 6.07) is 1.71. The molecule has 20 heavy (non-hydrogen) atoms. The Bertz CT molecular complexity index is 703. The number of hydrogen-bond donors (Lipinski definition) is 0. The summed E-state index contributed by atoms with van der Waals surface area (Å²) >= 11 is 1.49. The van der Waals surface area contributed by atoms with E-state index in [-0.39, 0.29) is 0 Å². The van der Waals surface area contributed by atoms with Crippen molar-refractivity contribution in [1.29, 1.82) is 0 Å². The van der Waals surface area contributed by atoms with Crippen LogP contribution in [0, 0.1) is 20.8 Å². The second-order valence-corrected chi connectivity index (χ2v) is 8.06. The van der Waals surface area contributed by atoms with Gasteiger partial charge < -0.3 is 4.52 Å². The number of aryl methyl sites for hydroxylation is 3. The lowest BCUT2D eigenvalue weighted by Gasteiger charge is -2.15. The molecule has 2 heterocycles. The van der Waals surface area contributed by atoms with Crippen LogP contribution < -0.4 is 0 Å². The largest absolute Gasteiger partial charge is 0.340 e. The maximum atomic E-state index is 12.5. The SMILES string of the molecule is Cc1nc(CCN(C)S(=O)(=O)c2cc(C)sc2C)no1. The summed E-state index contributed by atoms with van der Waals surface area (Å²) in [6.45, 7) is 5.74. The van der Waals surface area contributed by atoms with Gasteiger partial charge in [-0.2, -0.15) is 4.98 Å². The van der Waals surface area contributed by atoms with Crippen LogP contribution in [0.4, 0.5) is 0 Å². The van der Waals surface area contributed by atoms with Crippen molar-refractivity contribution in [1.82, 2.24) is 14.4 Å². The van der Waals surface area contributed by atoms with Crippen molar-refractivity contribution in [3.63, 3.8) is 0 Å². The van der Waals surface area contributed by atoms with Gasteiger partial charge >= 0.3 is 0 Å². The third kappa shape index (κ3) is 3.08. The van der Waals surface area contributed by atoms with Gasteiger partial charge in [0.15, 0.2) is 5.82 Å². The number of likely N-dealkylation sites (N-methyl/N-ethyl adjacent to an activating group) is 1. The molecule has 0 unspecified atom stereocenters. The van der Waals surface area contributed by atoms with Crippen LogP contribution in [0.2, 0.25) is 0 Å². The smallest absolute Gasteiger partial charge is 0.243 e. The quantitative estimate of drug-likeness (QED) is 0.842. The molecule has 6 nitrogen and oxygen atoms in total. The number of rotatable bonds is 5. The fourth-order valence-corrected chi connectivity index (χ4v) is 4.54. The van der Waals surface area contributed by atoms with Gasteiger partial charge in [-0.05, 0) is 19.9 Å². The summed E-state index contributed by atoms with van der Waals surface area (Å²) in [5.41, 5.74) is 0. The lowest BCUT2D eigenvalue weighted by Crippen LogP contribution is -2.29. The van der Waals surface area contributed by atoms with Crippen LogP contribution in [0.15, 0.2) is 15.5 Å². The van der Waals surface area contributed by atoms with Crippen LogP contribution in [0.1, 0.15) is 21.5 Å². The van der Waals surface area contributed by atoms with Crippen LogP contribution in [-0.4, -0.2) is 36.5 Å². The molecule has 8 heteroatoms. The lowest BCUT2D eigenvalue weighted by molar-refractivity contribution is 0.384. The van der Waals surface area contributed by atoms with Gasteiger partial charge in [0.2, 0.25) is 15.9 Å². The molecule has 0 aliphatic heterocycles. The summed E-state index contributed by atoms with van der Waals surface area (Å²) in [5.74, 6) is 0.998. The van der Waals surface area contributed by atoms with Crippen LogP contribution >= 0.6 is 11.3 Å². The molecule has 0 spiro atoms. The zero-order valence-corrected chi connectivity index (χ0v) is 13.5. The minimum absolute atomic E-state index is 0.315. The van der Waals surface area contributed by atoms with E-state index in [1.807, 2.05) is 13.8 Å². The first-order chi connectivity index (χ1) is 9.30. The summed E-state index contributed by atoms with van der Waals surface area (Å²) in [7, 11) is -1.89. The Kier molecular flexibility index (Phi) is 4.26. The first-order valence-electron chi connectivity index (χ1n) is 6.13. The van der Waals surface area contributed by atoms with Gasteiger partial charge in [0.05, 0.1) is 4.90 Å². The molecule has 0 saturated heterocycles. The molecule has 0 aromatic carbocycles. The van der Waals surface area contributed by atoms with Crippen molar-refractivity contribution >= 4 is 21.4 Å². The zero-order chi connectivity index (χ0) is 14.9. The second-order valence-electron chi connectivity index (χ2n) is 4.58. The molecule has 0 N–H and O–H groups in total. The van der Waals surface area contributed by atoms with E-state index in [2.05, 4.69) is 10.1 Å². The van der Waals surface area contributed by atoms with Crippen LogP contribution in [-0.2, 0) is 16.4 Å². The van der Waals surface area contributed by atoms with E-state index in [9.17, 15) is 8.42 Å². The number of nitrogens with zero attached hydrogens (tertiary/aromatic N) is 3. The molecule has 0 aliphatic carbocycles. The molecular weight excluding hydrogens is 298 g/mol. The fourth-order valence-electron chi connectivity index (χ4n) is 1.85. The summed E-state index contributed by atoms with van der Waals surface area (Å²) < 4.78 is 31.1. The van der Waals surface area contributed by atoms with E-state index in [1.165, 1.54) is 15.6 Å². The standard InChI is InChI=1S/C12H17N3O3S2/c1-8-7-11(9(2)19-8)20(16,17)15(4)6-5-12-13-10(3)18-14-12/h7H,5-6H2,1-4H3. The molecular formula is C12H17N3O3S2. The Labute approximate surface area is 122 Å². The van der Waals surface area contributed by atoms with E-state index in [4.69, 9.17) is 4.52 Å². The lowest BCUT2D eigenvalue weighted by atomic mass is 10.4. The number of aromatic nitrogens is 2. The normalized spacial score (nSPS) is 12.2. The van der Waals surface area contributed by atoms with Gasteiger partial charge in [0, 0.05) is 36.7 Å². The molecule has 2 rings (SSSR count). The average molecular weight is 315 g/mol. The maximum Gasteiger partial charge on any atom is 0.243 e. The number of hydrogen-bond acceptors (Lipinski definition) is 6. The van der Waals surface area contributed by atoms with Crippen molar-refractivity contribution in [3.8, 4) is 0 Å². The minimum Gasteiger partial charge on any atom is -0.340 e. The first kappa shape index (κ1) is 15.1. The van der Waals surface area contributed by atoms with Crippen molar-refractivity contribution < 1.29 is 12.9 Å². The Hall–Kier alpha value is -1.25. The monoisotopic (exact) mass is 315 g/mol. The van der Waals surface area contributed by atoms with E-state index in [1.54, 1.807) is 20.0 Å². The Balaban J connectivity index is 2.11. The van der Waals surface area contributed by atoms with E-state index < -0.39 is 10.0 Å². The molecule has 0 saturated carbocycles. The molecule has 0 amide bonds. The van der Waals surface area contributed by atoms with Gasteiger partial charge in [0.25, 0.3) is 0 Å². The predicted molar refractivity (Wildman–Crippen MR) is 76.3 cm³/mol. The highest BCUT2D eigenvalue weighted by atomic mass is 32.2. The van der Waals surface area contributed by atoms with Gasteiger partial charge in [-0.25, -0.2) is 12.7 Å². The van der Waals surface area contributed by atoms with Gasteiger partial charge in [-0.1, -0.05) is 5.16 Å². The number of thiophene rings is 1. The van der Waals surface area contributed by atoms with E-state index >= 15 is 0 Å². The second kappa shape index (κ2) is 5.63. The Morgan fingerprint density at radius 2 is 2.05 bits per heavy atom. The molecule has 0 aliphatic rings.